The summed E-state index contributed by atoms with van der Waals surface area (Å²) in [5, 5.41) is 0. The van der Waals surface area contributed by atoms with Gasteiger partial charge in [0.1, 0.15) is 0 Å². The van der Waals surface area contributed by atoms with E-state index >= 15 is 0 Å². The average Bonchev–Trinajstić information content (AvgIpc) is 2.62. The zero-order valence-corrected chi connectivity index (χ0v) is 15.8. The number of ether oxygens (including phenoxy) is 1. The van der Waals surface area contributed by atoms with Gasteiger partial charge in [-0.15, -0.1) is 0 Å². The van der Waals surface area contributed by atoms with Crippen molar-refractivity contribution in [3.05, 3.63) is 0 Å². The molecule has 0 radical (unpaired) electrons. The number of piperidine rings is 1. The van der Waals surface area contributed by atoms with Crippen LogP contribution >= 0.6 is 0 Å². The van der Waals surface area contributed by atoms with Gasteiger partial charge in [-0.05, 0) is 39.5 Å². The molecule has 0 N–H and O–H groups in total. The number of hydrogen-bond acceptors (Lipinski definition) is 4. The summed E-state index contributed by atoms with van der Waals surface area (Å²) in [6.45, 7) is 14.0. The quantitative estimate of drug-likeness (QED) is 0.789. The Bertz CT molecular complexity index is 424. The number of carbonyl (C=O) groups excluding carboxylic acids is 1. The van der Waals surface area contributed by atoms with Gasteiger partial charge in [0.05, 0.1) is 5.60 Å². The largest absolute Gasteiger partial charge is 0.375 e. The van der Waals surface area contributed by atoms with Crippen molar-refractivity contribution in [2.75, 3.05) is 45.9 Å². The van der Waals surface area contributed by atoms with Crippen LogP contribution in [0.5, 0.6) is 0 Å². The molecule has 1 spiro atoms. The number of likely N-dealkylation sites (tertiary alicyclic amines) is 1. The molecule has 0 aromatic carbocycles. The predicted molar refractivity (Wildman–Crippen MR) is 96.1 cm³/mol. The van der Waals surface area contributed by atoms with Crippen LogP contribution in [0, 0.1) is 0 Å². The number of rotatable bonds is 3. The van der Waals surface area contributed by atoms with Gasteiger partial charge in [0, 0.05) is 64.4 Å². The molecule has 138 valence electrons. The molecular weight excluding hydrogens is 302 g/mol. The molecule has 1 amide bonds. The van der Waals surface area contributed by atoms with Crippen molar-refractivity contribution in [1.29, 1.82) is 0 Å². The van der Waals surface area contributed by atoms with E-state index in [4.69, 9.17) is 4.74 Å². The van der Waals surface area contributed by atoms with Crippen molar-refractivity contribution in [3.63, 3.8) is 0 Å². The predicted octanol–water partition coefficient (Wildman–Crippen LogP) is 1.96. The molecule has 3 fully saturated rings. The molecule has 24 heavy (non-hydrogen) atoms. The zero-order valence-electron chi connectivity index (χ0n) is 15.8. The fraction of sp³-hybridized carbons (Fsp3) is 0.947. The van der Waals surface area contributed by atoms with E-state index in [-0.39, 0.29) is 5.60 Å². The van der Waals surface area contributed by atoms with Gasteiger partial charge in [-0.1, -0.05) is 6.92 Å². The number of amides is 1. The first-order valence-electron chi connectivity index (χ1n) is 9.93. The SMILES string of the molecule is CCC(=O)N1CCC2(CC1)C[C@@H](N1CCN(C(C)C)CC1)CCO2. The molecule has 0 saturated carbocycles. The first-order chi connectivity index (χ1) is 11.5. The maximum absolute atomic E-state index is 11.9. The molecule has 3 aliphatic rings. The van der Waals surface area contributed by atoms with E-state index in [1.165, 1.54) is 32.6 Å². The average molecular weight is 338 g/mol. The molecule has 5 nitrogen and oxygen atoms in total. The van der Waals surface area contributed by atoms with Gasteiger partial charge in [0.2, 0.25) is 5.91 Å². The van der Waals surface area contributed by atoms with Crippen LogP contribution in [0.25, 0.3) is 0 Å². The van der Waals surface area contributed by atoms with Crippen molar-refractivity contribution >= 4 is 5.91 Å². The maximum atomic E-state index is 11.9. The monoisotopic (exact) mass is 337 g/mol. The fourth-order valence-corrected chi connectivity index (χ4v) is 4.67. The molecule has 0 aromatic rings. The van der Waals surface area contributed by atoms with Crippen molar-refractivity contribution in [1.82, 2.24) is 14.7 Å². The smallest absolute Gasteiger partial charge is 0.222 e. The standard InChI is InChI=1S/C19H35N3O2/c1-4-18(23)22-8-6-19(7-9-22)15-17(5-14-24-19)21-12-10-20(11-13-21)16(2)3/h16-17H,4-15H2,1-3H3/t17-/m0/s1. The van der Waals surface area contributed by atoms with Crippen LogP contribution in [0.1, 0.15) is 52.9 Å². The minimum absolute atomic E-state index is 0.0304. The summed E-state index contributed by atoms with van der Waals surface area (Å²) in [4.78, 5) is 19.2. The van der Waals surface area contributed by atoms with Crippen LogP contribution in [0.3, 0.4) is 0 Å². The maximum Gasteiger partial charge on any atom is 0.222 e. The minimum Gasteiger partial charge on any atom is -0.375 e. The summed E-state index contributed by atoms with van der Waals surface area (Å²) < 4.78 is 6.27. The van der Waals surface area contributed by atoms with Gasteiger partial charge in [0.15, 0.2) is 0 Å². The number of hydrogen-bond donors (Lipinski definition) is 0. The number of carbonyl (C=O) groups is 1. The highest BCUT2D eigenvalue weighted by Gasteiger charge is 2.42. The molecule has 0 aromatic heterocycles. The van der Waals surface area contributed by atoms with E-state index in [9.17, 15) is 4.79 Å². The normalized spacial score (nSPS) is 29.3. The van der Waals surface area contributed by atoms with E-state index in [1.54, 1.807) is 0 Å². The van der Waals surface area contributed by atoms with Crippen LogP contribution in [0.4, 0.5) is 0 Å². The third-order valence-corrected chi connectivity index (χ3v) is 6.39. The van der Waals surface area contributed by atoms with Crippen molar-refractivity contribution in [2.24, 2.45) is 0 Å². The van der Waals surface area contributed by atoms with Crippen molar-refractivity contribution in [3.8, 4) is 0 Å². The summed E-state index contributed by atoms with van der Waals surface area (Å²) in [7, 11) is 0. The Balaban J connectivity index is 1.53. The Morgan fingerprint density at radius 3 is 2.38 bits per heavy atom. The summed E-state index contributed by atoms with van der Waals surface area (Å²) in [5.41, 5.74) is 0.0304. The molecule has 0 aliphatic carbocycles. The first kappa shape index (κ1) is 18.2. The van der Waals surface area contributed by atoms with Gasteiger partial charge >= 0.3 is 0 Å². The Hall–Kier alpha value is -0.650. The minimum atomic E-state index is 0.0304. The third-order valence-electron chi connectivity index (χ3n) is 6.39. The van der Waals surface area contributed by atoms with Gasteiger partial charge < -0.3 is 9.64 Å². The number of nitrogens with zero attached hydrogens (tertiary/aromatic N) is 3. The van der Waals surface area contributed by atoms with Crippen LogP contribution in [-0.2, 0) is 9.53 Å². The summed E-state index contributed by atoms with van der Waals surface area (Å²) in [6, 6.07) is 1.33. The lowest BCUT2D eigenvalue weighted by atomic mass is 9.81. The molecule has 3 saturated heterocycles. The summed E-state index contributed by atoms with van der Waals surface area (Å²) in [5.74, 6) is 0.294. The van der Waals surface area contributed by atoms with E-state index in [2.05, 4.69) is 23.6 Å². The molecule has 0 bridgehead atoms. The lowest BCUT2D eigenvalue weighted by Crippen LogP contribution is -2.58. The zero-order chi connectivity index (χ0) is 17.2. The van der Waals surface area contributed by atoms with Crippen LogP contribution in [0.15, 0.2) is 0 Å². The van der Waals surface area contributed by atoms with Gasteiger partial charge in [-0.3, -0.25) is 14.6 Å². The Labute approximate surface area is 147 Å². The molecule has 3 rings (SSSR count). The van der Waals surface area contributed by atoms with Gasteiger partial charge in [0.25, 0.3) is 0 Å². The Morgan fingerprint density at radius 1 is 1.12 bits per heavy atom. The molecule has 3 heterocycles. The number of piperazine rings is 1. The van der Waals surface area contributed by atoms with E-state index < -0.39 is 0 Å². The summed E-state index contributed by atoms with van der Waals surface area (Å²) in [6.07, 6.45) is 4.98. The van der Waals surface area contributed by atoms with Crippen LogP contribution < -0.4 is 0 Å². The topological polar surface area (TPSA) is 36.0 Å². The fourth-order valence-electron chi connectivity index (χ4n) is 4.67. The highest BCUT2D eigenvalue weighted by atomic mass is 16.5. The van der Waals surface area contributed by atoms with Crippen molar-refractivity contribution in [2.45, 2.75) is 70.6 Å². The van der Waals surface area contributed by atoms with Gasteiger partial charge in [-0.25, -0.2) is 0 Å². The van der Waals surface area contributed by atoms with Gasteiger partial charge in [-0.2, -0.15) is 0 Å². The first-order valence-corrected chi connectivity index (χ1v) is 9.93. The highest BCUT2D eigenvalue weighted by molar-refractivity contribution is 5.75. The second kappa shape index (κ2) is 7.71. The molecule has 1 atom stereocenters. The van der Waals surface area contributed by atoms with E-state index in [0.717, 1.165) is 39.0 Å². The molecule has 0 unspecified atom stereocenters. The van der Waals surface area contributed by atoms with Crippen LogP contribution in [0.2, 0.25) is 0 Å². The molecule has 3 aliphatic heterocycles. The molecule has 5 heteroatoms. The Morgan fingerprint density at radius 2 is 1.79 bits per heavy atom. The highest BCUT2D eigenvalue weighted by Crippen LogP contribution is 2.37. The molecular formula is C19H35N3O2. The Kier molecular flexibility index (Phi) is 5.83. The second-order valence-corrected chi connectivity index (χ2v) is 8.08. The summed E-state index contributed by atoms with van der Waals surface area (Å²) >= 11 is 0. The van der Waals surface area contributed by atoms with E-state index in [0.29, 0.717) is 24.4 Å². The van der Waals surface area contributed by atoms with Crippen molar-refractivity contribution < 1.29 is 9.53 Å². The van der Waals surface area contributed by atoms with E-state index in [1.807, 2.05) is 11.8 Å². The lowest BCUT2D eigenvalue weighted by molar-refractivity contribution is -0.150. The second-order valence-electron chi connectivity index (χ2n) is 8.08. The van der Waals surface area contributed by atoms with Crippen LogP contribution in [-0.4, -0.2) is 84.2 Å². The lowest BCUT2D eigenvalue weighted by Gasteiger charge is -2.50. The third kappa shape index (κ3) is 3.94.